The zero-order valence-electron chi connectivity index (χ0n) is 56.6. The molecule has 15 rings (SSSR count). The van der Waals surface area contributed by atoms with Gasteiger partial charge in [-0.05, 0) is 165 Å². The predicted molar refractivity (Wildman–Crippen MR) is 401 cm³/mol. The number of carbonyl (C=O) groups is 1. The number of H-pyrrole nitrogens is 5. The minimum atomic E-state index is -3.11. The zero-order chi connectivity index (χ0) is 70.7. The van der Waals surface area contributed by atoms with Gasteiger partial charge in [-0.2, -0.15) is 8.61 Å². The molecule has 0 atom stereocenters. The molecule has 0 aliphatic carbocycles. The second-order valence-electron chi connectivity index (χ2n) is 26.1. The fraction of sp³-hybridized carbons (Fsp3) is 0.356. The number of para-hydroxylation sites is 2. The molecule has 0 saturated carbocycles. The van der Waals surface area contributed by atoms with Crippen LogP contribution in [0.1, 0.15) is 103 Å². The number of nitrogens with zero attached hydrogens (tertiary/aromatic N) is 5. The Morgan fingerprint density at radius 3 is 1.37 bits per heavy atom. The van der Waals surface area contributed by atoms with Crippen LogP contribution >= 0.6 is 23.2 Å². The van der Waals surface area contributed by atoms with Crippen molar-refractivity contribution >= 4 is 140 Å². The summed E-state index contributed by atoms with van der Waals surface area (Å²) < 4.78 is 112. The smallest absolute Gasteiger partial charge is 0.219 e. The van der Waals surface area contributed by atoms with E-state index < -0.39 is 40.1 Å². The number of nitrogens with one attached hydrogen (secondary N) is 5. The Bertz CT molecular complexity index is 5210. The van der Waals surface area contributed by atoms with Crippen LogP contribution in [-0.2, 0) is 44.9 Å². The highest BCUT2D eigenvalue weighted by atomic mass is 35.5. The maximum Gasteiger partial charge on any atom is 0.219 e. The summed E-state index contributed by atoms with van der Waals surface area (Å²) in [7, 11) is -12.3. The molecule has 0 radical (unpaired) electrons. The van der Waals surface area contributed by atoms with Crippen LogP contribution in [0.4, 0.5) is 4.39 Å². The summed E-state index contributed by atoms with van der Waals surface area (Å²) in [5, 5.41) is 7.07. The van der Waals surface area contributed by atoms with Crippen molar-refractivity contribution in [1.82, 2.24) is 47.0 Å². The van der Waals surface area contributed by atoms with Crippen LogP contribution in [0.3, 0.4) is 0 Å². The lowest BCUT2D eigenvalue weighted by molar-refractivity contribution is -0.128. The molecule has 526 valence electrons. The van der Waals surface area contributed by atoms with E-state index in [4.69, 9.17) is 23.2 Å². The second-order valence-corrected chi connectivity index (χ2v) is 34.9. The number of rotatable bonds is 9. The van der Waals surface area contributed by atoms with Gasteiger partial charge in [0.2, 0.25) is 46.0 Å². The van der Waals surface area contributed by atoms with Crippen LogP contribution < -0.4 is 0 Å². The molecule has 1 amide bonds. The Morgan fingerprint density at radius 1 is 0.455 bits per heavy atom. The van der Waals surface area contributed by atoms with Crippen molar-refractivity contribution in [2.45, 2.75) is 77.6 Å². The summed E-state index contributed by atoms with van der Waals surface area (Å²) in [6.07, 6.45) is 22.8. The number of carbonyl (C=O) groups excluding carboxylic acids is 1. The summed E-state index contributed by atoms with van der Waals surface area (Å²) in [6, 6.07) is 32.9. The van der Waals surface area contributed by atoms with Gasteiger partial charge < -0.3 is 29.8 Å². The largest absolute Gasteiger partial charge is 0.361 e. The van der Waals surface area contributed by atoms with E-state index in [1.54, 1.807) is 23.4 Å². The van der Waals surface area contributed by atoms with Crippen LogP contribution in [-0.4, -0.2) is 177 Å². The van der Waals surface area contributed by atoms with E-state index >= 15 is 0 Å². The second kappa shape index (κ2) is 30.5. The fourth-order valence-corrected chi connectivity index (χ4v) is 17.9. The van der Waals surface area contributed by atoms with E-state index in [2.05, 4.69) is 75.2 Å². The number of fused-ring (bicyclic) bond motifs is 5. The van der Waals surface area contributed by atoms with Crippen LogP contribution in [0.2, 0.25) is 10.0 Å². The first-order valence-corrected chi connectivity index (χ1v) is 41.2. The zero-order valence-corrected chi connectivity index (χ0v) is 61.4. The van der Waals surface area contributed by atoms with Crippen molar-refractivity contribution in [3.8, 4) is 0 Å². The number of aromatic amines is 5. The van der Waals surface area contributed by atoms with Gasteiger partial charge in [-0.3, -0.25) is 4.79 Å². The summed E-state index contributed by atoms with van der Waals surface area (Å²) in [4.78, 5) is 29.6. The third-order valence-electron chi connectivity index (χ3n) is 19.4. The quantitative estimate of drug-likeness (QED) is 0.0920. The molecular weight excluding hydrogens is 1380 g/mol. The van der Waals surface area contributed by atoms with Crippen LogP contribution in [0.15, 0.2) is 140 Å². The highest BCUT2D eigenvalue weighted by Gasteiger charge is 2.30. The van der Waals surface area contributed by atoms with Crippen LogP contribution in [0.5, 0.6) is 0 Å². The Hall–Kier alpha value is -7.36. The molecule has 0 unspecified atom stereocenters. The fourth-order valence-electron chi connectivity index (χ4n) is 14.2. The van der Waals surface area contributed by atoms with Gasteiger partial charge in [0, 0.05) is 184 Å². The topological polar surface area (TPSA) is 249 Å². The maximum atomic E-state index is 13.4. The Kier molecular flexibility index (Phi) is 22.4. The molecule has 10 heterocycles. The lowest BCUT2D eigenvalue weighted by Crippen LogP contribution is -2.37. The van der Waals surface area contributed by atoms with E-state index in [9.17, 15) is 42.9 Å². The maximum absolute atomic E-state index is 13.4. The average Bonchev–Trinajstić information content (AvgIpc) is 1.67. The molecule has 0 bridgehead atoms. The number of amides is 1. The van der Waals surface area contributed by atoms with Crippen molar-refractivity contribution in [3.63, 3.8) is 0 Å². The number of halogens is 3. The summed E-state index contributed by atoms with van der Waals surface area (Å²) >= 11 is 12.1. The molecular formula is C73H85Cl2FN10O9S4. The normalized spacial score (nSPS) is 17.6. The number of hydrogen-bond donors (Lipinski definition) is 5. The molecule has 19 nitrogen and oxygen atoms in total. The molecule has 5 aromatic carbocycles. The van der Waals surface area contributed by atoms with E-state index in [0.717, 1.165) is 105 Å². The van der Waals surface area contributed by atoms with Crippen molar-refractivity contribution in [3.05, 3.63) is 195 Å². The van der Waals surface area contributed by atoms with Crippen molar-refractivity contribution in [2.24, 2.45) is 0 Å². The predicted octanol–water partition coefficient (Wildman–Crippen LogP) is 13.9. The third kappa shape index (κ3) is 17.3. The highest BCUT2D eigenvalue weighted by molar-refractivity contribution is 7.89. The highest BCUT2D eigenvalue weighted by Crippen LogP contribution is 2.39. The SMILES string of the molecule is CC(=O)N1CC=C(c2c[nH]c3ccc(Cl)cc23)CC1.CS(=O)(=O)N1CC=C(c2c[nH]c3ccc(Cl)cc23)CC1.CS(=O)(=O)N1CCC(c2c[nH]c3ccc(F)cc23)CC1.Cc1[nH]c2ccccc2c1C1=CCN(S(C)(=O)=O)CC1.Cc1[nH]c2ccccc2c1C1CCN(S(C)(=O)=O)CC1. The molecule has 2 saturated heterocycles. The van der Waals surface area contributed by atoms with E-state index in [-0.39, 0.29) is 17.6 Å². The van der Waals surface area contributed by atoms with E-state index in [0.29, 0.717) is 76.3 Å². The Balaban J connectivity index is 0.000000125. The number of aromatic nitrogens is 5. The molecule has 5 aromatic heterocycles. The first-order chi connectivity index (χ1) is 47.0. The van der Waals surface area contributed by atoms with E-state index in [1.165, 1.54) is 99.4 Å². The number of hydrogen-bond acceptors (Lipinski definition) is 9. The number of benzene rings is 5. The van der Waals surface area contributed by atoms with E-state index in [1.807, 2.05) is 90.2 Å². The third-order valence-corrected chi connectivity index (χ3v) is 25.1. The van der Waals surface area contributed by atoms with Gasteiger partial charge in [-0.15, -0.1) is 0 Å². The van der Waals surface area contributed by atoms with Crippen LogP contribution in [0.25, 0.3) is 71.2 Å². The minimum Gasteiger partial charge on any atom is -0.361 e. The molecule has 5 aliphatic heterocycles. The molecule has 2 fully saturated rings. The monoisotopic (exact) mass is 1460 g/mol. The average molecular weight is 1460 g/mol. The summed E-state index contributed by atoms with van der Waals surface area (Å²) in [5.41, 5.74) is 17.4. The lowest BCUT2D eigenvalue weighted by atomic mass is 9.88. The molecule has 5 N–H and O–H groups in total. The molecule has 5 aliphatic rings. The summed E-state index contributed by atoms with van der Waals surface area (Å²) in [5.74, 6) is 0.622. The first-order valence-electron chi connectivity index (χ1n) is 33.1. The molecule has 99 heavy (non-hydrogen) atoms. The van der Waals surface area contributed by atoms with Crippen LogP contribution in [0, 0.1) is 19.7 Å². The van der Waals surface area contributed by atoms with Crippen molar-refractivity contribution in [1.29, 1.82) is 0 Å². The van der Waals surface area contributed by atoms with Gasteiger partial charge in [0.05, 0.1) is 25.0 Å². The number of sulfonamides is 4. The van der Waals surface area contributed by atoms with Gasteiger partial charge in [-0.25, -0.2) is 46.7 Å². The van der Waals surface area contributed by atoms with Crippen molar-refractivity contribution < 1.29 is 42.9 Å². The molecule has 10 aromatic rings. The Morgan fingerprint density at radius 2 is 0.889 bits per heavy atom. The molecule has 0 spiro atoms. The number of piperidine rings is 2. The standard InChI is InChI=1S/C15H15ClN2O.C15H20N2O2S.C15H18N2O2S.C14H15ClN2O2S.C14H17FN2O2S/c1-10(19)18-6-4-11(5-7-18)14-9-17-15-3-2-12(16)8-13(14)15;2*1-11-15(13-5-3-4-6-14(13)16-11)12-7-9-17(10-8-12)20(2,18)19;2*1-20(18,19)17-6-4-10(5-7-17)13-9-16-14-3-2-11(15)8-12(13)14/h2-4,8-9,17H,5-7H2,1H3;3-6,12,16H,7-10H2,1-2H3;3-7,16H,8-10H2,1-2H3;2-4,8-9,16H,5-7H2,1H3;2-3,8-10,16H,4-7H2,1H3. The van der Waals surface area contributed by atoms with Gasteiger partial charge in [0.1, 0.15) is 5.82 Å². The van der Waals surface area contributed by atoms with Gasteiger partial charge >= 0.3 is 0 Å². The molecule has 26 heteroatoms. The summed E-state index contributed by atoms with van der Waals surface area (Å²) in [6.45, 7) is 11.6. The van der Waals surface area contributed by atoms with Crippen molar-refractivity contribution in [2.75, 3.05) is 90.5 Å². The Labute approximate surface area is 589 Å². The van der Waals surface area contributed by atoms with Gasteiger partial charge in [0.15, 0.2) is 0 Å². The minimum absolute atomic E-state index is 0.136. The number of aryl methyl sites for hydroxylation is 2. The first kappa shape index (κ1) is 72.9. The van der Waals surface area contributed by atoms with Gasteiger partial charge in [-0.1, -0.05) is 77.8 Å². The van der Waals surface area contributed by atoms with Gasteiger partial charge in [0.25, 0.3) is 0 Å². The lowest BCUT2D eigenvalue weighted by Gasteiger charge is -2.30.